The monoisotopic (exact) mass is 304 g/mol. The van der Waals surface area contributed by atoms with Gasteiger partial charge in [-0.2, -0.15) is 0 Å². The predicted molar refractivity (Wildman–Crippen MR) is 87.1 cm³/mol. The van der Waals surface area contributed by atoms with Crippen LogP contribution < -0.4 is 10.5 Å². The number of nitrogens with zero attached hydrogens (tertiary/aromatic N) is 1. The maximum Gasteiger partial charge on any atom is 0.219 e. The van der Waals surface area contributed by atoms with Gasteiger partial charge >= 0.3 is 0 Å². The van der Waals surface area contributed by atoms with E-state index >= 15 is 0 Å². The molecule has 1 aromatic heterocycles. The first-order chi connectivity index (χ1) is 10.0. The van der Waals surface area contributed by atoms with Crippen molar-refractivity contribution in [2.75, 3.05) is 0 Å². The van der Waals surface area contributed by atoms with Crippen LogP contribution in [0.2, 0.25) is 5.02 Å². The van der Waals surface area contributed by atoms with Crippen molar-refractivity contribution in [3.05, 3.63) is 52.2 Å². The number of hydrogen-bond acceptors (Lipinski definition) is 3. The van der Waals surface area contributed by atoms with Crippen LogP contribution in [0.25, 0.3) is 0 Å². The molecular formula is C17H21ClN2O. The predicted octanol–water partition coefficient (Wildman–Crippen LogP) is 4.67. The summed E-state index contributed by atoms with van der Waals surface area (Å²) in [7, 11) is 0. The second-order valence-corrected chi connectivity index (χ2v) is 5.71. The second-order valence-electron chi connectivity index (χ2n) is 5.31. The number of hydrogen-bond donors (Lipinski definition) is 1. The summed E-state index contributed by atoms with van der Waals surface area (Å²) in [4.78, 5) is 4.54. The normalized spacial score (nSPS) is 11.0. The lowest BCUT2D eigenvalue weighted by Crippen LogP contribution is -2.02. The van der Waals surface area contributed by atoms with Crippen molar-refractivity contribution in [3.63, 3.8) is 0 Å². The van der Waals surface area contributed by atoms with E-state index in [4.69, 9.17) is 22.1 Å². The number of aryl methyl sites for hydroxylation is 1. The SMILES string of the molecule is CCc1cc(Oc2cc(CN)cc(C(C)C)n2)ccc1Cl. The number of benzene rings is 1. The largest absolute Gasteiger partial charge is 0.439 e. The van der Waals surface area contributed by atoms with E-state index < -0.39 is 0 Å². The lowest BCUT2D eigenvalue weighted by atomic mass is 10.1. The van der Waals surface area contributed by atoms with Crippen molar-refractivity contribution in [1.82, 2.24) is 4.98 Å². The molecule has 1 aromatic carbocycles. The van der Waals surface area contributed by atoms with Crippen LogP contribution in [-0.2, 0) is 13.0 Å². The number of aromatic nitrogens is 1. The Morgan fingerprint density at radius 2 is 2.00 bits per heavy atom. The van der Waals surface area contributed by atoms with Crippen molar-refractivity contribution in [1.29, 1.82) is 0 Å². The molecule has 0 atom stereocenters. The molecule has 0 saturated heterocycles. The quantitative estimate of drug-likeness (QED) is 0.873. The summed E-state index contributed by atoms with van der Waals surface area (Å²) in [6.45, 7) is 6.74. The zero-order valence-corrected chi connectivity index (χ0v) is 13.4. The molecule has 0 unspecified atom stereocenters. The lowest BCUT2D eigenvalue weighted by Gasteiger charge is -2.12. The molecule has 0 radical (unpaired) electrons. The molecule has 2 N–H and O–H groups in total. The molecule has 21 heavy (non-hydrogen) atoms. The highest BCUT2D eigenvalue weighted by molar-refractivity contribution is 6.31. The van der Waals surface area contributed by atoms with E-state index in [1.54, 1.807) is 0 Å². The van der Waals surface area contributed by atoms with Crippen LogP contribution in [0.4, 0.5) is 0 Å². The number of halogens is 1. The summed E-state index contributed by atoms with van der Waals surface area (Å²) >= 11 is 6.13. The van der Waals surface area contributed by atoms with E-state index in [9.17, 15) is 0 Å². The van der Waals surface area contributed by atoms with Gasteiger partial charge in [0.15, 0.2) is 0 Å². The third kappa shape index (κ3) is 3.96. The summed E-state index contributed by atoms with van der Waals surface area (Å²) in [6, 6.07) is 9.57. The van der Waals surface area contributed by atoms with Crippen molar-refractivity contribution in [2.24, 2.45) is 5.73 Å². The van der Waals surface area contributed by atoms with Crippen molar-refractivity contribution in [2.45, 2.75) is 39.7 Å². The Kier molecular flexibility index (Phi) is 5.21. The van der Waals surface area contributed by atoms with Gasteiger partial charge in [0, 0.05) is 23.3 Å². The molecule has 0 spiro atoms. The molecule has 2 rings (SSSR count). The molecule has 0 saturated carbocycles. The van der Waals surface area contributed by atoms with Gasteiger partial charge in [0.25, 0.3) is 0 Å². The van der Waals surface area contributed by atoms with E-state index in [2.05, 4.69) is 25.8 Å². The fourth-order valence-corrected chi connectivity index (χ4v) is 2.31. The van der Waals surface area contributed by atoms with Gasteiger partial charge in [0.05, 0.1) is 0 Å². The first-order valence-corrected chi connectivity index (χ1v) is 7.58. The van der Waals surface area contributed by atoms with Crippen LogP contribution in [0.15, 0.2) is 30.3 Å². The fourth-order valence-electron chi connectivity index (χ4n) is 2.05. The molecule has 1 heterocycles. The number of ether oxygens (including phenoxy) is 1. The molecule has 0 fully saturated rings. The molecule has 4 heteroatoms. The van der Waals surface area contributed by atoms with E-state index in [0.29, 0.717) is 18.3 Å². The molecule has 0 aliphatic carbocycles. The Hall–Kier alpha value is -1.58. The summed E-state index contributed by atoms with van der Waals surface area (Å²) in [5.41, 5.74) is 8.81. The zero-order valence-electron chi connectivity index (χ0n) is 12.7. The van der Waals surface area contributed by atoms with Crippen LogP contribution in [-0.4, -0.2) is 4.98 Å². The Morgan fingerprint density at radius 1 is 1.24 bits per heavy atom. The second kappa shape index (κ2) is 6.92. The summed E-state index contributed by atoms with van der Waals surface area (Å²) in [6.07, 6.45) is 0.865. The van der Waals surface area contributed by atoms with E-state index in [-0.39, 0.29) is 0 Å². The van der Waals surface area contributed by atoms with Crippen LogP contribution >= 0.6 is 11.6 Å². The Labute approximate surface area is 131 Å². The molecule has 0 aliphatic rings. The third-order valence-corrected chi connectivity index (χ3v) is 3.70. The molecule has 112 valence electrons. The minimum Gasteiger partial charge on any atom is -0.439 e. The van der Waals surface area contributed by atoms with Gasteiger partial charge in [-0.3, -0.25) is 0 Å². The minimum atomic E-state index is 0.329. The van der Waals surface area contributed by atoms with Gasteiger partial charge < -0.3 is 10.5 Å². The topological polar surface area (TPSA) is 48.1 Å². The molecule has 0 bridgehead atoms. The van der Waals surface area contributed by atoms with E-state index in [0.717, 1.165) is 34.0 Å². The Balaban J connectivity index is 2.32. The molecule has 2 aromatic rings. The molecule has 0 amide bonds. The minimum absolute atomic E-state index is 0.329. The van der Waals surface area contributed by atoms with Gasteiger partial charge in [0.1, 0.15) is 5.75 Å². The van der Waals surface area contributed by atoms with Crippen LogP contribution in [0, 0.1) is 0 Å². The highest BCUT2D eigenvalue weighted by atomic mass is 35.5. The molecular weight excluding hydrogens is 284 g/mol. The average Bonchev–Trinajstić information content (AvgIpc) is 2.48. The Bertz CT molecular complexity index is 626. The number of nitrogens with two attached hydrogens (primary N) is 1. The maximum atomic E-state index is 6.13. The summed E-state index contributed by atoms with van der Waals surface area (Å²) < 4.78 is 5.88. The van der Waals surface area contributed by atoms with Crippen molar-refractivity contribution < 1.29 is 4.74 Å². The summed E-state index contributed by atoms with van der Waals surface area (Å²) in [5, 5.41) is 0.761. The van der Waals surface area contributed by atoms with Gasteiger partial charge in [-0.1, -0.05) is 32.4 Å². The van der Waals surface area contributed by atoms with Gasteiger partial charge in [-0.05, 0) is 47.7 Å². The fraction of sp³-hybridized carbons (Fsp3) is 0.353. The smallest absolute Gasteiger partial charge is 0.219 e. The first-order valence-electron chi connectivity index (χ1n) is 7.20. The standard InChI is InChI=1S/C17H21ClN2O/c1-4-13-9-14(5-6-15(13)18)21-17-8-12(10-19)7-16(20-17)11(2)3/h5-9,11H,4,10,19H2,1-3H3. The van der Waals surface area contributed by atoms with Crippen LogP contribution in [0.5, 0.6) is 11.6 Å². The molecule has 3 nitrogen and oxygen atoms in total. The average molecular weight is 305 g/mol. The highest BCUT2D eigenvalue weighted by Gasteiger charge is 2.08. The van der Waals surface area contributed by atoms with Crippen LogP contribution in [0.3, 0.4) is 0 Å². The van der Waals surface area contributed by atoms with Crippen molar-refractivity contribution >= 4 is 11.6 Å². The van der Waals surface area contributed by atoms with Gasteiger partial charge in [-0.15, -0.1) is 0 Å². The van der Waals surface area contributed by atoms with Crippen LogP contribution in [0.1, 0.15) is 43.5 Å². The first kappa shape index (κ1) is 15.8. The lowest BCUT2D eigenvalue weighted by molar-refractivity contribution is 0.458. The van der Waals surface area contributed by atoms with Crippen molar-refractivity contribution in [3.8, 4) is 11.6 Å². The number of pyridine rings is 1. The van der Waals surface area contributed by atoms with Gasteiger partial charge in [0.2, 0.25) is 5.88 Å². The van der Waals surface area contributed by atoms with E-state index in [1.165, 1.54) is 0 Å². The molecule has 0 aliphatic heterocycles. The Morgan fingerprint density at radius 3 is 2.62 bits per heavy atom. The van der Waals surface area contributed by atoms with Gasteiger partial charge in [-0.25, -0.2) is 4.98 Å². The van der Waals surface area contributed by atoms with E-state index in [1.807, 2.05) is 30.3 Å². The highest BCUT2D eigenvalue weighted by Crippen LogP contribution is 2.27. The summed E-state index contributed by atoms with van der Waals surface area (Å²) in [5.74, 6) is 1.65. The third-order valence-electron chi connectivity index (χ3n) is 3.33. The zero-order chi connectivity index (χ0) is 15.4. The maximum absolute atomic E-state index is 6.13. The number of rotatable bonds is 5.